The number of amides is 1. The van der Waals surface area contributed by atoms with Crippen LogP contribution in [0.2, 0.25) is 0 Å². The number of carbonyl (C=O) groups is 1. The Morgan fingerprint density at radius 2 is 1.93 bits per heavy atom. The van der Waals surface area contributed by atoms with Gasteiger partial charge in [-0.2, -0.15) is 0 Å². The summed E-state index contributed by atoms with van der Waals surface area (Å²) >= 11 is 3.38. The number of benzene rings is 2. The molecule has 0 saturated heterocycles. The highest BCUT2D eigenvalue weighted by molar-refractivity contribution is 9.10. The summed E-state index contributed by atoms with van der Waals surface area (Å²) in [6.45, 7) is 0.311. The lowest BCUT2D eigenvalue weighted by Crippen LogP contribution is -2.29. The van der Waals surface area contributed by atoms with E-state index in [1.54, 1.807) is 25.3 Å². The van der Waals surface area contributed by atoms with Crippen LogP contribution in [0.3, 0.4) is 0 Å². The van der Waals surface area contributed by atoms with Crippen molar-refractivity contribution in [3.63, 3.8) is 0 Å². The molecule has 0 bridgehead atoms. The molecule has 0 heterocycles. The van der Waals surface area contributed by atoms with Crippen molar-refractivity contribution in [3.8, 4) is 5.75 Å². The summed E-state index contributed by atoms with van der Waals surface area (Å²) in [5.74, 6) is 0.414. The number of nitrogens with one attached hydrogen (secondary N) is 2. The Balaban J connectivity index is 1.79. The minimum atomic E-state index is -3.60. The van der Waals surface area contributed by atoms with Gasteiger partial charge in [-0.25, -0.2) is 13.1 Å². The lowest BCUT2D eigenvalue weighted by Gasteiger charge is -2.10. The van der Waals surface area contributed by atoms with E-state index in [1.807, 2.05) is 30.3 Å². The predicted octanol–water partition coefficient (Wildman–Crippen LogP) is 3.05. The van der Waals surface area contributed by atoms with Gasteiger partial charge in [-0.05, 0) is 29.8 Å². The van der Waals surface area contributed by atoms with Crippen LogP contribution in [0, 0.1) is 0 Å². The minimum absolute atomic E-state index is 0.0168. The summed E-state index contributed by atoms with van der Waals surface area (Å²) in [4.78, 5) is 11.9. The van der Waals surface area contributed by atoms with Gasteiger partial charge in [0, 0.05) is 35.0 Å². The van der Waals surface area contributed by atoms with E-state index in [-0.39, 0.29) is 18.9 Å². The van der Waals surface area contributed by atoms with Gasteiger partial charge in [0.1, 0.15) is 5.75 Å². The number of ether oxygens (including phenoxy) is 1. The second kappa shape index (κ2) is 10.2. The summed E-state index contributed by atoms with van der Waals surface area (Å²) < 4.78 is 32.4. The first-order valence-corrected chi connectivity index (χ1v) is 10.6. The Hall–Kier alpha value is -2.16. The Morgan fingerprint density at radius 3 is 2.63 bits per heavy atom. The lowest BCUT2D eigenvalue weighted by atomic mass is 10.2. The van der Waals surface area contributed by atoms with Crippen LogP contribution in [0.5, 0.6) is 5.75 Å². The normalized spacial score (nSPS) is 11.5. The highest BCUT2D eigenvalue weighted by atomic mass is 79.9. The molecule has 0 atom stereocenters. The maximum atomic E-state index is 11.9. The second-order valence-corrected chi connectivity index (χ2v) is 8.20. The van der Waals surface area contributed by atoms with Crippen LogP contribution in [-0.2, 0) is 21.4 Å². The highest BCUT2D eigenvalue weighted by Gasteiger charge is 2.09. The van der Waals surface area contributed by atoms with Gasteiger partial charge in [-0.15, -0.1) is 0 Å². The molecular weight excluding hydrogens is 432 g/mol. The standard InChI is InChI=1S/C19H21BrN2O4S/c1-26-18-8-7-17(20)13-16(18)14-21-19(23)9-11-22-27(24,25)12-10-15-5-3-2-4-6-15/h2-8,10,12-13,22H,9,11,14H2,1H3,(H,21,23)/b12-10+. The summed E-state index contributed by atoms with van der Waals surface area (Å²) in [7, 11) is -2.03. The van der Waals surface area contributed by atoms with Gasteiger partial charge in [0.25, 0.3) is 0 Å². The molecule has 0 saturated carbocycles. The minimum Gasteiger partial charge on any atom is -0.496 e. The van der Waals surface area contributed by atoms with Gasteiger partial charge in [0.15, 0.2) is 0 Å². The third kappa shape index (κ3) is 7.54. The van der Waals surface area contributed by atoms with Crippen molar-refractivity contribution in [2.24, 2.45) is 0 Å². The van der Waals surface area contributed by atoms with Gasteiger partial charge >= 0.3 is 0 Å². The molecule has 0 aliphatic carbocycles. The summed E-state index contributed by atoms with van der Waals surface area (Å²) in [6, 6.07) is 14.6. The SMILES string of the molecule is COc1ccc(Br)cc1CNC(=O)CCNS(=O)(=O)/C=C/c1ccccc1. The molecule has 0 radical (unpaired) electrons. The molecule has 27 heavy (non-hydrogen) atoms. The largest absolute Gasteiger partial charge is 0.496 e. The fourth-order valence-electron chi connectivity index (χ4n) is 2.25. The van der Waals surface area contributed by atoms with E-state index >= 15 is 0 Å². The molecule has 0 fully saturated rings. The van der Waals surface area contributed by atoms with Gasteiger partial charge in [0.2, 0.25) is 15.9 Å². The Morgan fingerprint density at radius 1 is 1.19 bits per heavy atom. The molecule has 2 rings (SSSR count). The van der Waals surface area contributed by atoms with Gasteiger partial charge in [-0.1, -0.05) is 46.3 Å². The summed E-state index contributed by atoms with van der Waals surface area (Å²) in [5, 5.41) is 3.84. The van der Waals surface area contributed by atoms with Crippen LogP contribution in [0.15, 0.2) is 58.4 Å². The zero-order valence-electron chi connectivity index (χ0n) is 14.8. The van der Waals surface area contributed by atoms with Crippen molar-refractivity contribution in [1.29, 1.82) is 0 Å². The third-order valence-corrected chi connectivity index (χ3v) is 5.21. The van der Waals surface area contributed by atoms with Crippen molar-refractivity contribution in [2.45, 2.75) is 13.0 Å². The first-order valence-electron chi connectivity index (χ1n) is 8.21. The average molecular weight is 453 g/mol. The highest BCUT2D eigenvalue weighted by Crippen LogP contribution is 2.22. The molecule has 1 amide bonds. The molecule has 6 nitrogen and oxygen atoms in total. The smallest absolute Gasteiger partial charge is 0.233 e. The fourth-order valence-corrected chi connectivity index (χ4v) is 3.48. The van der Waals surface area contributed by atoms with E-state index in [2.05, 4.69) is 26.0 Å². The molecule has 144 valence electrons. The Kier molecular flexibility index (Phi) is 8.02. The van der Waals surface area contributed by atoms with Gasteiger partial charge in [-0.3, -0.25) is 4.79 Å². The van der Waals surface area contributed by atoms with Crippen LogP contribution in [0.4, 0.5) is 0 Å². The van der Waals surface area contributed by atoms with E-state index < -0.39 is 10.0 Å². The molecule has 0 aliphatic heterocycles. The van der Waals surface area contributed by atoms with Crippen molar-refractivity contribution < 1.29 is 17.9 Å². The number of carbonyl (C=O) groups excluding carboxylic acids is 1. The average Bonchev–Trinajstić information content (AvgIpc) is 2.65. The molecule has 0 aromatic heterocycles. The molecule has 0 unspecified atom stereocenters. The maximum absolute atomic E-state index is 11.9. The number of methoxy groups -OCH3 is 1. The number of rotatable bonds is 9. The Bertz CT molecular complexity index is 899. The van der Waals surface area contributed by atoms with Crippen LogP contribution < -0.4 is 14.8 Å². The van der Waals surface area contributed by atoms with Crippen LogP contribution in [0.1, 0.15) is 17.5 Å². The first kappa shape index (κ1) is 21.1. The fraction of sp³-hybridized carbons (Fsp3) is 0.211. The first-order chi connectivity index (χ1) is 12.9. The zero-order chi connectivity index (χ0) is 19.7. The molecule has 0 spiro atoms. The molecule has 8 heteroatoms. The third-order valence-electron chi connectivity index (χ3n) is 3.61. The van der Waals surface area contributed by atoms with E-state index in [9.17, 15) is 13.2 Å². The van der Waals surface area contributed by atoms with Crippen LogP contribution in [0.25, 0.3) is 6.08 Å². The second-order valence-electron chi connectivity index (χ2n) is 5.64. The topological polar surface area (TPSA) is 84.5 Å². The molecule has 2 aromatic carbocycles. The van der Waals surface area contributed by atoms with Gasteiger partial charge in [0.05, 0.1) is 7.11 Å². The number of hydrogen-bond donors (Lipinski definition) is 2. The molecule has 0 aliphatic rings. The summed E-state index contributed by atoms with van der Waals surface area (Å²) in [5.41, 5.74) is 1.61. The van der Waals surface area contributed by atoms with Crippen molar-refractivity contribution in [3.05, 3.63) is 69.5 Å². The Labute approximate surface area is 167 Å². The van der Waals surface area contributed by atoms with E-state index in [1.165, 1.54) is 6.08 Å². The van der Waals surface area contributed by atoms with Crippen molar-refractivity contribution in [2.75, 3.05) is 13.7 Å². The quantitative estimate of drug-likeness (QED) is 0.612. The van der Waals surface area contributed by atoms with Crippen LogP contribution in [-0.4, -0.2) is 28.0 Å². The molecule has 2 N–H and O–H groups in total. The maximum Gasteiger partial charge on any atom is 0.233 e. The monoisotopic (exact) mass is 452 g/mol. The van der Waals surface area contributed by atoms with Gasteiger partial charge < -0.3 is 10.1 Å². The molecular formula is C19H21BrN2O4S. The number of halogens is 1. The van der Waals surface area contributed by atoms with E-state index in [4.69, 9.17) is 4.74 Å². The zero-order valence-corrected chi connectivity index (χ0v) is 17.2. The summed E-state index contributed by atoms with van der Waals surface area (Å²) in [6.07, 6.45) is 1.54. The van der Waals surface area contributed by atoms with Crippen LogP contribution >= 0.6 is 15.9 Å². The molecule has 2 aromatic rings. The number of sulfonamides is 1. The van der Waals surface area contributed by atoms with Crippen molar-refractivity contribution >= 4 is 37.9 Å². The number of hydrogen-bond acceptors (Lipinski definition) is 4. The van der Waals surface area contributed by atoms with E-state index in [0.717, 1.165) is 21.0 Å². The predicted molar refractivity (Wildman–Crippen MR) is 110 cm³/mol. The van der Waals surface area contributed by atoms with Crippen molar-refractivity contribution in [1.82, 2.24) is 10.0 Å². The van der Waals surface area contributed by atoms with E-state index in [0.29, 0.717) is 12.3 Å². The lowest BCUT2D eigenvalue weighted by molar-refractivity contribution is -0.121.